The van der Waals surface area contributed by atoms with E-state index in [0.29, 0.717) is 34.0 Å². The first-order valence-electron chi connectivity index (χ1n) is 12.5. The maximum absolute atomic E-state index is 13.8. The molecule has 1 amide bonds. The number of nitriles is 1. The zero-order valence-electron chi connectivity index (χ0n) is 21.6. The van der Waals surface area contributed by atoms with E-state index in [0.717, 1.165) is 31.2 Å². The summed E-state index contributed by atoms with van der Waals surface area (Å²) in [5.74, 6) is 0.777. The molecule has 1 aliphatic rings. The van der Waals surface area contributed by atoms with Gasteiger partial charge in [-0.25, -0.2) is 4.39 Å². The van der Waals surface area contributed by atoms with Crippen molar-refractivity contribution in [3.05, 3.63) is 51.9 Å². The second-order valence-electron chi connectivity index (χ2n) is 9.80. The van der Waals surface area contributed by atoms with Gasteiger partial charge < -0.3 is 14.6 Å². The Labute approximate surface area is 225 Å². The van der Waals surface area contributed by atoms with Crippen LogP contribution in [0.4, 0.5) is 9.39 Å². The minimum absolute atomic E-state index is 0.0661. The van der Waals surface area contributed by atoms with E-state index in [4.69, 9.17) is 4.74 Å². The number of hydrogen-bond donors (Lipinski definition) is 1. The summed E-state index contributed by atoms with van der Waals surface area (Å²) in [6, 6.07) is 8.53. The second-order valence-corrected chi connectivity index (χ2v) is 11.8. The van der Waals surface area contributed by atoms with Gasteiger partial charge in [0.2, 0.25) is 5.91 Å². The first kappa shape index (κ1) is 27.1. The molecule has 3 aromatic rings. The predicted octanol–water partition coefficient (Wildman–Crippen LogP) is 6.22. The van der Waals surface area contributed by atoms with Crippen LogP contribution in [0.1, 0.15) is 62.4 Å². The number of nitrogens with zero attached hydrogens (tertiary/aromatic N) is 4. The van der Waals surface area contributed by atoms with Crippen LogP contribution in [0.25, 0.3) is 0 Å². The monoisotopic (exact) mass is 541 g/mol. The molecular weight excluding hydrogens is 509 g/mol. The third kappa shape index (κ3) is 5.99. The number of halogens is 1. The highest BCUT2D eigenvalue weighted by Crippen LogP contribution is 2.45. The number of para-hydroxylation sites is 1. The number of aromatic nitrogens is 3. The number of thioether (sulfide) groups is 1. The van der Waals surface area contributed by atoms with Crippen LogP contribution in [0, 0.1) is 28.5 Å². The van der Waals surface area contributed by atoms with Gasteiger partial charge in [-0.15, -0.1) is 21.5 Å². The summed E-state index contributed by atoms with van der Waals surface area (Å²) in [6.45, 7) is 9.45. The molecule has 0 saturated carbocycles. The standard InChI is InChI=1S/C27H32FN5O2S2/c1-5-27(3,4)17-11-12-18-19(14-29)25(37-22(18)13-17)30-24(34)16-36-26-32-31-23(33(26)6-2)15-35-21-10-8-7-9-20(21)28/h7-10,17H,5-6,11-13,15-16H2,1-4H3,(H,30,34)/t17-/m1/s1. The minimum Gasteiger partial charge on any atom is -0.483 e. The Bertz CT molecular complexity index is 1310. The first-order valence-corrected chi connectivity index (χ1v) is 14.3. The van der Waals surface area contributed by atoms with Gasteiger partial charge in [0.25, 0.3) is 0 Å². The summed E-state index contributed by atoms with van der Waals surface area (Å²) in [5.41, 5.74) is 1.96. The Morgan fingerprint density at radius 1 is 1.35 bits per heavy atom. The van der Waals surface area contributed by atoms with Crippen molar-refractivity contribution in [2.24, 2.45) is 11.3 Å². The molecule has 1 atom stereocenters. The molecule has 1 aromatic carbocycles. The fourth-order valence-corrected chi connectivity index (χ4v) is 6.71. The molecule has 10 heteroatoms. The number of anilines is 1. The molecule has 2 aromatic heterocycles. The fourth-order valence-electron chi connectivity index (χ4n) is 4.60. The SMILES string of the molecule is CCn1c(COc2ccccc2F)nnc1SCC(=O)Nc1sc2c(c1C#N)CC[C@@H](C(C)(C)CC)C2. The van der Waals surface area contributed by atoms with Crippen LogP contribution in [0.5, 0.6) is 5.75 Å². The van der Waals surface area contributed by atoms with Gasteiger partial charge in [-0.2, -0.15) is 5.26 Å². The lowest BCUT2D eigenvalue weighted by atomic mass is 9.69. The molecule has 2 heterocycles. The number of thiophene rings is 1. The lowest BCUT2D eigenvalue weighted by molar-refractivity contribution is -0.113. The van der Waals surface area contributed by atoms with Crippen molar-refractivity contribution in [1.82, 2.24) is 14.8 Å². The average Bonchev–Trinajstić information content (AvgIpc) is 3.45. The van der Waals surface area contributed by atoms with Crippen LogP contribution in [0.2, 0.25) is 0 Å². The number of nitrogens with one attached hydrogen (secondary N) is 1. The van der Waals surface area contributed by atoms with Crippen LogP contribution in [0.15, 0.2) is 29.4 Å². The van der Waals surface area contributed by atoms with Gasteiger partial charge in [-0.1, -0.05) is 51.1 Å². The average molecular weight is 542 g/mol. The maximum atomic E-state index is 13.8. The summed E-state index contributed by atoms with van der Waals surface area (Å²) < 4.78 is 21.3. The smallest absolute Gasteiger partial charge is 0.235 e. The molecule has 196 valence electrons. The van der Waals surface area contributed by atoms with E-state index in [-0.39, 0.29) is 29.4 Å². The zero-order valence-corrected chi connectivity index (χ0v) is 23.3. The molecule has 1 aliphatic carbocycles. The van der Waals surface area contributed by atoms with E-state index < -0.39 is 5.82 Å². The highest BCUT2D eigenvalue weighted by Gasteiger charge is 2.34. The van der Waals surface area contributed by atoms with Crippen molar-refractivity contribution < 1.29 is 13.9 Å². The summed E-state index contributed by atoms with van der Waals surface area (Å²) in [7, 11) is 0. The van der Waals surface area contributed by atoms with Gasteiger partial charge in [-0.3, -0.25) is 4.79 Å². The maximum Gasteiger partial charge on any atom is 0.235 e. The summed E-state index contributed by atoms with van der Waals surface area (Å²) in [4.78, 5) is 14.1. The van der Waals surface area contributed by atoms with Gasteiger partial charge in [0.05, 0.1) is 11.3 Å². The van der Waals surface area contributed by atoms with E-state index in [2.05, 4.69) is 42.4 Å². The Balaban J connectivity index is 1.39. The molecule has 0 bridgehead atoms. The summed E-state index contributed by atoms with van der Waals surface area (Å²) in [6.07, 6.45) is 4.02. The molecule has 4 rings (SSSR count). The number of benzene rings is 1. The molecule has 37 heavy (non-hydrogen) atoms. The predicted molar refractivity (Wildman–Crippen MR) is 144 cm³/mol. The van der Waals surface area contributed by atoms with Gasteiger partial charge in [0.15, 0.2) is 22.5 Å². The Morgan fingerprint density at radius 2 is 2.14 bits per heavy atom. The number of fused-ring (bicyclic) bond motifs is 1. The molecule has 7 nitrogen and oxygen atoms in total. The van der Waals surface area contributed by atoms with Crippen LogP contribution in [-0.2, 0) is 30.8 Å². The van der Waals surface area contributed by atoms with E-state index >= 15 is 0 Å². The first-order chi connectivity index (χ1) is 17.8. The van der Waals surface area contributed by atoms with Crippen LogP contribution in [-0.4, -0.2) is 26.4 Å². The molecule has 0 unspecified atom stereocenters. The molecule has 0 spiro atoms. The summed E-state index contributed by atoms with van der Waals surface area (Å²) >= 11 is 2.81. The van der Waals surface area contributed by atoms with Crippen LogP contribution < -0.4 is 10.1 Å². The lowest BCUT2D eigenvalue weighted by Crippen LogP contribution is -2.28. The van der Waals surface area contributed by atoms with Crippen LogP contribution in [0.3, 0.4) is 0 Å². The number of amides is 1. The Morgan fingerprint density at radius 3 is 2.84 bits per heavy atom. The van der Waals surface area contributed by atoms with E-state index in [9.17, 15) is 14.4 Å². The number of carbonyl (C=O) groups is 1. The minimum atomic E-state index is -0.437. The van der Waals surface area contributed by atoms with Gasteiger partial charge >= 0.3 is 0 Å². The Kier molecular flexibility index (Phi) is 8.55. The van der Waals surface area contributed by atoms with Crippen molar-refractivity contribution in [3.8, 4) is 11.8 Å². The highest BCUT2D eigenvalue weighted by molar-refractivity contribution is 7.99. The van der Waals surface area contributed by atoms with E-state index in [1.165, 1.54) is 22.7 Å². The molecule has 0 saturated heterocycles. The number of ether oxygens (including phenoxy) is 1. The topological polar surface area (TPSA) is 92.8 Å². The second kappa shape index (κ2) is 11.7. The Hall–Kier alpha value is -2.90. The van der Waals surface area contributed by atoms with Crippen molar-refractivity contribution in [3.63, 3.8) is 0 Å². The molecular formula is C27H32FN5O2S2. The highest BCUT2D eigenvalue weighted by atomic mass is 32.2. The number of rotatable bonds is 10. The van der Waals surface area contributed by atoms with E-state index in [1.54, 1.807) is 29.5 Å². The molecule has 0 radical (unpaired) electrons. The summed E-state index contributed by atoms with van der Waals surface area (Å²) in [5, 5.41) is 22.4. The number of hydrogen-bond acceptors (Lipinski definition) is 7. The van der Waals surface area contributed by atoms with Crippen molar-refractivity contribution in [1.29, 1.82) is 5.26 Å². The third-order valence-corrected chi connectivity index (χ3v) is 9.42. The van der Waals surface area contributed by atoms with Crippen LogP contribution >= 0.6 is 23.1 Å². The molecule has 0 aliphatic heterocycles. The van der Waals surface area contributed by atoms with Crippen molar-refractivity contribution >= 4 is 34.0 Å². The van der Waals surface area contributed by atoms with E-state index in [1.807, 2.05) is 11.5 Å². The molecule has 0 fully saturated rings. The van der Waals surface area contributed by atoms with Crippen molar-refractivity contribution in [2.45, 2.75) is 71.7 Å². The fraction of sp³-hybridized carbons (Fsp3) is 0.481. The van der Waals surface area contributed by atoms with Gasteiger partial charge in [-0.05, 0) is 55.2 Å². The third-order valence-electron chi connectivity index (χ3n) is 7.28. The van der Waals surface area contributed by atoms with Gasteiger partial charge in [0.1, 0.15) is 17.7 Å². The largest absolute Gasteiger partial charge is 0.483 e. The lowest BCUT2D eigenvalue weighted by Gasteiger charge is -2.36. The van der Waals surface area contributed by atoms with Gasteiger partial charge in [0, 0.05) is 11.4 Å². The number of carbonyl (C=O) groups excluding carboxylic acids is 1. The zero-order chi connectivity index (χ0) is 26.6. The molecule has 1 N–H and O–H groups in total. The normalized spacial score (nSPS) is 15.2. The quantitative estimate of drug-likeness (QED) is 0.306. The van der Waals surface area contributed by atoms with Crippen molar-refractivity contribution in [2.75, 3.05) is 11.1 Å².